The smallest absolute Gasteiger partial charge is 0.239 e. The van der Waals surface area contributed by atoms with Crippen LogP contribution >= 0.6 is 27.5 Å². The lowest BCUT2D eigenvalue weighted by Crippen LogP contribution is -2.31. The highest BCUT2D eigenvalue weighted by Gasteiger charge is 2.22. The highest BCUT2D eigenvalue weighted by Crippen LogP contribution is 2.29. The van der Waals surface area contributed by atoms with Gasteiger partial charge in [0.05, 0.1) is 21.7 Å². The fourth-order valence-corrected chi connectivity index (χ4v) is 1.90. The second-order valence-corrected chi connectivity index (χ2v) is 5.00. The highest BCUT2D eigenvalue weighted by atomic mass is 79.9. The minimum absolute atomic E-state index is 0.0226. The van der Waals surface area contributed by atoms with Crippen LogP contribution in [0, 0.1) is 0 Å². The maximum absolute atomic E-state index is 11.4. The first kappa shape index (κ1) is 11.7. The SMILES string of the molecule is O=C(CNc1cccc(Cl)c1Br)NC1CC1. The van der Waals surface area contributed by atoms with Gasteiger partial charge in [0, 0.05) is 6.04 Å². The van der Waals surface area contributed by atoms with E-state index in [4.69, 9.17) is 11.6 Å². The van der Waals surface area contributed by atoms with Crippen LogP contribution in [0.25, 0.3) is 0 Å². The first-order valence-electron chi connectivity index (χ1n) is 5.14. The Kier molecular flexibility index (Phi) is 3.71. The Balaban J connectivity index is 1.88. The number of halogens is 2. The summed E-state index contributed by atoms with van der Waals surface area (Å²) in [5, 5.41) is 6.58. The molecule has 0 radical (unpaired) electrons. The lowest BCUT2D eigenvalue weighted by molar-refractivity contribution is -0.119. The molecule has 1 aliphatic rings. The maximum Gasteiger partial charge on any atom is 0.239 e. The number of nitrogens with one attached hydrogen (secondary N) is 2. The Bertz CT molecular complexity index is 407. The van der Waals surface area contributed by atoms with Gasteiger partial charge in [0.1, 0.15) is 0 Å². The molecule has 0 aliphatic heterocycles. The molecule has 0 heterocycles. The topological polar surface area (TPSA) is 41.1 Å². The number of amides is 1. The third kappa shape index (κ3) is 3.12. The molecular formula is C11H12BrClN2O. The van der Waals surface area contributed by atoms with E-state index in [1.54, 1.807) is 6.07 Å². The highest BCUT2D eigenvalue weighted by molar-refractivity contribution is 9.10. The number of hydrogen-bond acceptors (Lipinski definition) is 2. The predicted molar refractivity (Wildman–Crippen MR) is 68.8 cm³/mol. The lowest BCUT2D eigenvalue weighted by Gasteiger charge is -2.09. The minimum Gasteiger partial charge on any atom is -0.375 e. The Morgan fingerprint density at radius 1 is 1.50 bits per heavy atom. The summed E-state index contributed by atoms with van der Waals surface area (Å²) in [7, 11) is 0. The van der Waals surface area contributed by atoms with E-state index in [-0.39, 0.29) is 12.5 Å². The molecule has 1 saturated carbocycles. The van der Waals surface area contributed by atoms with E-state index in [9.17, 15) is 4.79 Å². The molecule has 3 nitrogen and oxygen atoms in total. The van der Waals surface area contributed by atoms with Crippen LogP contribution in [0.1, 0.15) is 12.8 Å². The molecule has 0 aromatic heterocycles. The summed E-state index contributed by atoms with van der Waals surface area (Å²) in [6.07, 6.45) is 2.21. The Labute approximate surface area is 108 Å². The van der Waals surface area contributed by atoms with E-state index in [0.717, 1.165) is 23.0 Å². The second-order valence-electron chi connectivity index (χ2n) is 3.80. The van der Waals surface area contributed by atoms with Gasteiger partial charge < -0.3 is 10.6 Å². The van der Waals surface area contributed by atoms with Gasteiger partial charge >= 0.3 is 0 Å². The van der Waals surface area contributed by atoms with Gasteiger partial charge in [-0.1, -0.05) is 17.7 Å². The number of benzene rings is 1. The van der Waals surface area contributed by atoms with E-state index in [1.165, 1.54) is 0 Å². The van der Waals surface area contributed by atoms with Gasteiger partial charge in [-0.05, 0) is 40.9 Å². The van der Waals surface area contributed by atoms with Gasteiger partial charge in [-0.2, -0.15) is 0 Å². The summed E-state index contributed by atoms with van der Waals surface area (Å²) in [6.45, 7) is 0.273. The summed E-state index contributed by atoms with van der Waals surface area (Å²) in [5.74, 6) is 0.0226. The molecule has 0 bridgehead atoms. The molecule has 1 amide bonds. The van der Waals surface area contributed by atoms with E-state index in [2.05, 4.69) is 26.6 Å². The quantitative estimate of drug-likeness (QED) is 0.898. The molecular weight excluding hydrogens is 291 g/mol. The summed E-state index contributed by atoms with van der Waals surface area (Å²) < 4.78 is 0.788. The van der Waals surface area contributed by atoms with Crippen molar-refractivity contribution in [2.45, 2.75) is 18.9 Å². The number of carbonyl (C=O) groups is 1. The Hall–Kier alpha value is -0.740. The van der Waals surface area contributed by atoms with Crippen molar-refractivity contribution in [2.24, 2.45) is 0 Å². The molecule has 5 heteroatoms. The number of anilines is 1. The maximum atomic E-state index is 11.4. The number of hydrogen-bond donors (Lipinski definition) is 2. The molecule has 0 saturated heterocycles. The molecule has 2 N–H and O–H groups in total. The molecule has 16 heavy (non-hydrogen) atoms. The lowest BCUT2D eigenvalue weighted by atomic mass is 10.3. The van der Waals surface area contributed by atoms with Crippen molar-refractivity contribution in [1.29, 1.82) is 0 Å². The molecule has 2 rings (SSSR count). The van der Waals surface area contributed by atoms with Crippen molar-refractivity contribution >= 4 is 39.1 Å². The zero-order valence-corrected chi connectivity index (χ0v) is 10.9. The van der Waals surface area contributed by atoms with Crippen molar-refractivity contribution in [3.8, 4) is 0 Å². The molecule has 0 spiro atoms. The van der Waals surface area contributed by atoms with Crippen LogP contribution in [0.3, 0.4) is 0 Å². The minimum atomic E-state index is 0.0226. The predicted octanol–water partition coefficient (Wildman–Crippen LogP) is 2.79. The zero-order chi connectivity index (χ0) is 11.5. The van der Waals surface area contributed by atoms with Crippen LogP contribution in [0.2, 0.25) is 5.02 Å². The first-order chi connectivity index (χ1) is 7.66. The van der Waals surface area contributed by atoms with Gasteiger partial charge in [0.15, 0.2) is 0 Å². The van der Waals surface area contributed by atoms with Crippen LogP contribution < -0.4 is 10.6 Å². The van der Waals surface area contributed by atoms with Crippen molar-refractivity contribution in [3.05, 3.63) is 27.7 Å². The summed E-state index contributed by atoms with van der Waals surface area (Å²) in [4.78, 5) is 11.4. The average Bonchev–Trinajstić information content (AvgIpc) is 3.04. The molecule has 1 fully saturated rings. The molecule has 0 atom stereocenters. The standard InChI is InChI=1S/C11H12BrClN2O/c12-11-8(13)2-1-3-9(11)14-6-10(16)15-7-4-5-7/h1-3,7,14H,4-6H2,(H,15,16). The Morgan fingerprint density at radius 3 is 2.94 bits per heavy atom. The van der Waals surface area contributed by atoms with Crippen LogP contribution in [-0.4, -0.2) is 18.5 Å². The Morgan fingerprint density at radius 2 is 2.25 bits per heavy atom. The van der Waals surface area contributed by atoms with Gasteiger partial charge in [-0.25, -0.2) is 0 Å². The molecule has 86 valence electrons. The second kappa shape index (κ2) is 5.06. The van der Waals surface area contributed by atoms with Crippen LogP contribution in [-0.2, 0) is 4.79 Å². The average molecular weight is 304 g/mol. The third-order valence-corrected chi connectivity index (χ3v) is 3.73. The molecule has 0 unspecified atom stereocenters. The summed E-state index contributed by atoms with van der Waals surface area (Å²) in [5.41, 5.74) is 0.832. The van der Waals surface area contributed by atoms with Gasteiger partial charge in [0.2, 0.25) is 5.91 Å². The molecule has 1 aliphatic carbocycles. The van der Waals surface area contributed by atoms with Crippen molar-refractivity contribution in [1.82, 2.24) is 5.32 Å². The van der Waals surface area contributed by atoms with Gasteiger partial charge in [-0.15, -0.1) is 0 Å². The van der Waals surface area contributed by atoms with Crippen molar-refractivity contribution in [3.63, 3.8) is 0 Å². The first-order valence-corrected chi connectivity index (χ1v) is 6.31. The normalized spacial score (nSPS) is 14.6. The van der Waals surface area contributed by atoms with Gasteiger partial charge in [-0.3, -0.25) is 4.79 Å². The van der Waals surface area contributed by atoms with Crippen molar-refractivity contribution in [2.75, 3.05) is 11.9 Å². The van der Waals surface area contributed by atoms with Crippen LogP contribution in [0.5, 0.6) is 0 Å². The fourth-order valence-electron chi connectivity index (χ4n) is 1.32. The fraction of sp³-hybridized carbons (Fsp3) is 0.364. The van der Waals surface area contributed by atoms with E-state index in [0.29, 0.717) is 11.1 Å². The van der Waals surface area contributed by atoms with E-state index >= 15 is 0 Å². The number of rotatable bonds is 4. The largest absolute Gasteiger partial charge is 0.375 e. The summed E-state index contributed by atoms with van der Waals surface area (Å²) in [6, 6.07) is 5.91. The van der Waals surface area contributed by atoms with Crippen LogP contribution in [0.4, 0.5) is 5.69 Å². The summed E-state index contributed by atoms with van der Waals surface area (Å²) >= 11 is 9.30. The van der Waals surface area contributed by atoms with Crippen molar-refractivity contribution < 1.29 is 4.79 Å². The zero-order valence-electron chi connectivity index (χ0n) is 8.59. The third-order valence-electron chi connectivity index (χ3n) is 2.33. The van der Waals surface area contributed by atoms with Gasteiger partial charge in [0.25, 0.3) is 0 Å². The number of carbonyl (C=O) groups excluding carboxylic acids is 1. The monoisotopic (exact) mass is 302 g/mol. The molecule has 1 aromatic rings. The van der Waals surface area contributed by atoms with Crippen LogP contribution in [0.15, 0.2) is 22.7 Å². The molecule has 1 aromatic carbocycles. The van der Waals surface area contributed by atoms with E-state index in [1.807, 2.05) is 12.1 Å². The van der Waals surface area contributed by atoms with E-state index < -0.39 is 0 Å².